The van der Waals surface area contributed by atoms with E-state index in [2.05, 4.69) is 6.92 Å². The van der Waals surface area contributed by atoms with E-state index in [9.17, 15) is 10.2 Å². The van der Waals surface area contributed by atoms with Gasteiger partial charge in [-0.2, -0.15) is 0 Å². The van der Waals surface area contributed by atoms with Gasteiger partial charge in [0.15, 0.2) is 0 Å². The van der Waals surface area contributed by atoms with Crippen LogP contribution < -0.4 is 0 Å². The lowest BCUT2D eigenvalue weighted by Crippen LogP contribution is -2.49. The minimum absolute atomic E-state index is 0.0178. The van der Waals surface area contributed by atoms with Crippen LogP contribution in [-0.2, 0) is 0 Å². The third kappa shape index (κ3) is 2.73. The van der Waals surface area contributed by atoms with Gasteiger partial charge in [-0.15, -0.1) is 0 Å². The molecule has 0 radical (unpaired) electrons. The predicted molar refractivity (Wildman–Crippen MR) is 62.8 cm³/mol. The van der Waals surface area contributed by atoms with E-state index in [-0.39, 0.29) is 12.0 Å². The number of rotatable bonds is 5. The fraction of sp³-hybridized carbons (Fsp3) is 1.00. The van der Waals surface area contributed by atoms with Gasteiger partial charge >= 0.3 is 0 Å². The van der Waals surface area contributed by atoms with Crippen LogP contribution in [0.25, 0.3) is 0 Å². The topological polar surface area (TPSA) is 40.5 Å². The Morgan fingerprint density at radius 2 is 1.80 bits per heavy atom. The number of hydrogen-bond donors (Lipinski definition) is 2. The van der Waals surface area contributed by atoms with Crippen molar-refractivity contribution >= 4 is 0 Å². The van der Waals surface area contributed by atoms with Gasteiger partial charge in [0.2, 0.25) is 0 Å². The Balaban J connectivity index is 2.75. The molecule has 0 heterocycles. The summed E-state index contributed by atoms with van der Waals surface area (Å²) in [6.45, 7) is 4.36. The third-order valence-electron chi connectivity index (χ3n) is 4.31. The molecule has 1 rings (SSSR count). The lowest BCUT2D eigenvalue weighted by Gasteiger charge is -2.49. The standard InChI is InChI=1S/C13H26O2/c1-3-4-8-13(10-11-14)9-6-5-7-12(13,2)15/h14-15H,3-11H2,1-2H3. The summed E-state index contributed by atoms with van der Waals surface area (Å²) in [5.74, 6) is 0. The molecule has 2 nitrogen and oxygen atoms in total. The van der Waals surface area contributed by atoms with Crippen molar-refractivity contribution in [3.8, 4) is 0 Å². The molecule has 1 saturated carbocycles. The maximum Gasteiger partial charge on any atom is 0.0676 e. The number of hydrogen-bond acceptors (Lipinski definition) is 2. The molecular weight excluding hydrogens is 188 g/mol. The second kappa shape index (κ2) is 5.31. The molecule has 15 heavy (non-hydrogen) atoms. The molecule has 0 aromatic rings. The van der Waals surface area contributed by atoms with Crippen LogP contribution in [0.4, 0.5) is 0 Å². The van der Waals surface area contributed by atoms with E-state index >= 15 is 0 Å². The molecule has 1 aliphatic rings. The van der Waals surface area contributed by atoms with Crippen molar-refractivity contribution in [3.63, 3.8) is 0 Å². The Morgan fingerprint density at radius 3 is 2.33 bits per heavy atom. The number of unbranched alkanes of at least 4 members (excludes halogenated alkanes) is 1. The second-order valence-corrected chi connectivity index (χ2v) is 5.34. The predicted octanol–water partition coefficient (Wildman–Crippen LogP) is 2.87. The van der Waals surface area contributed by atoms with Crippen LogP contribution in [0.2, 0.25) is 0 Å². The average molecular weight is 214 g/mol. The van der Waals surface area contributed by atoms with Crippen molar-refractivity contribution in [2.24, 2.45) is 5.41 Å². The Labute approximate surface area is 93.7 Å². The van der Waals surface area contributed by atoms with Crippen LogP contribution >= 0.6 is 0 Å². The van der Waals surface area contributed by atoms with E-state index in [0.29, 0.717) is 0 Å². The van der Waals surface area contributed by atoms with Gasteiger partial charge in [-0.1, -0.05) is 32.6 Å². The van der Waals surface area contributed by atoms with Gasteiger partial charge in [0.1, 0.15) is 0 Å². The fourth-order valence-corrected chi connectivity index (χ4v) is 3.11. The molecule has 0 spiro atoms. The Bertz CT molecular complexity index is 185. The molecule has 2 heteroatoms. The first-order valence-electron chi connectivity index (χ1n) is 6.41. The molecule has 1 fully saturated rings. The summed E-state index contributed by atoms with van der Waals surface area (Å²) < 4.78 is 0. The lowest BCUT2D eigenvalue weighted by molar-refractivity contribution is -0.116. The van der Waals surface area contributed by atoms with E-state index in [1.165, 1.54) is 12.8 Å². The second-order valence-electron chi connectivity index (χ2n) is 5.34. The Morgan fingerprint density at radius 1 is 1.13 bits per heavy atom. The summed E-state index contributed by atoms with van der Waals surface area (Å²) in [5.41, 5.74) is -0.584. The molecule has 0 aromatic heterocycles. The van der Waals surface area contributed by atoms with Gasteiger partial charge < -0.3 is 10.2 Å². The van der Waals surface area contributed by atoms with E-state index < -0.39 is 5.60 Å². The van der Waals surface area contributed by atoms with Crippen molar-refractivity contribution in [3.05, 3.63) is 0 Å². The highest BCUT2D eigenvalue weighted by molar-refractivity contribution is 4.98. The minimum Gasteiger partial charge on any atom is -0.396 e. The van der Waals surface area contributed by atoms with Gasteiger partial charge in [-0.3, -0.25) is 0 Å². The van der Waals surface area contributed by atoms with E-state index in [1.54, 1.807) is 0 Å². The van der Waals surface area contributed by atoms with Gasteiger partial charge in [-0.05, 0) is 32.6 Å². The zero-order valence-corrected chi connectivity index (χ0v) is 10.3. The molecule has 2 N–H and O–H groups in total. The smallest absolute Gasteiger partial charge is 0.0676 e. The van der Waals surface area contributed by atoms with Crippen molar-refractivity contribution < 1.29 is 10.2 Å². The van der Waals surface area contributed by atoms with Crippen molar-refractivity contribution in [1.82, 2.24) is 0 Å². The molecule has 2 atom stereocenters. The van der Waals surface area contributed by atoms with E-state index in [1.807, 2.05) is 6.92 Å². The third-order valence-corrected chi connectivity index (χ3v) is 4.31. The monoisotopic (exact) mass is 214 g/mol. The van der Waals surface area contributed by atoms with Crippen molar-refractivity contribution in [2.75, 3.05) is 6.61 Å². The van der Waals surface area contributed by atoms with Gasteiger partial charge in [0, 0.05) is 12.0 Å². The molecule has 0 saturated heterocycles. The van der Waals surface area contributed by atoms with Crippen molar-refractivity contribution in [1.29, 1.82) is 0 Å². The summed E-state index contributed by atoms with van der Waals surface area (Å²) in [6.07, 6.45) is 8.49. The molecule has 1 aliphatic carbocycles. The van der Waals surface area contributed by atoms with Crippen LogP contribution in [0.15, 0.2) is 0 Å². The highest BCUT2D eigenvalue weighted by Gasteiger charge is 2.47. The zero-order valence-electron chi connectivity index (χ0n) is 10.3. The molecule has 0 aromatic carbocycles. The largest absolute Gasteiger partial charge is 0.396 e. The molecular formula is C13H26O2. The fourth-order valence-electron chi connectivity index (χ4n) is 3.11. The Kier molecular flexibility index (Phi) is 4.60. The van der Waals surface area contributed by atoms with E-state index in [4.69, 9.17) is 0 Å². The maximum absolute atomic E-state index is 10.5. The highest BCUT2D eigenvalue weighted by atomic mass is 16.3. The van der Waals surface area contributed by atoms with Gasteiger partial charge in [0.05, 0.1) is 5.60 Å². The van der Waals surface area contributed by atoms with Crippen LogP contribution in [-0.4, -0.2) is 22.4 Å². The minimum atomic E-state index is -0.566. The summed E-state index contributed by atoms with van der Waals surface area (Å²) in [5, 5.41) is 19.7. The molecule has 0 aliphatic heterocycles. The first-order valence-corrected chi connectivity index (χ1v) is 6.41. The first kappa shape index (κ1) is 13.0. The highest BCUT2D eigenvalue weighted by Crippen LogP contribution is 2.49. The first-order chi connectivity index (χ1) is 7.08. The molecule has 2 unspecified atom stereocenters. The molecule has 0 bridgehead atoms. The maximum atomic E-state index is 10.5. The van der Waals surface area contributed by atoms with Crippen LogP contribution in [0.1, 0.15) is 65.2 Å². The van der Waals surface area contributed by atoms with Gasteiger partial charge in [0.25, 0.3) is 0 Å². The summed E-state index contributed by atoms with van der Waals surface area (Å²) in [6, 6.07) is 0. The number of aliphatic hydroxyl groups is 2. The summed E-state index contributed by atoms with van der Waals surface area (Å²) in [4.78, 5) is 0. The van der Waals surface area contributed by atoms with Crippen LogP contribution in [0, 0.1) is 5.41 Å². The molecule has 0 amide bonds. The van der Waals surface area contributed by atoms with Crippen molar-refractivity contribution in [2.45, 2.75) is 70.8 Å². The normalized spacial score (nSPS) is 36.8. The summed E-state index contributed by atoms with van der Waals surface area (Å²) in [7, 11) is 0. The zero-order chi connectivity index (χ0) is 11.4. The van der Waals surface area contributed by atoms with Crippen LogP contribution in [0.5, 0.6) is 0 Å². The Hall–Kier alpha value is -0.0800. The SMILES string of the molecule is CCCCC1(CCO)CCCCC1(C)O. The quantitative estimate of drug-likeness (QED) is 0.739. The van der Waals surface area contributed by atoms with Crippen LogP contribution in [0.3, 0.4) is 0 Å². The molecule has 90 valence electrons. The van der Waals surface area contributed by atoms with Gasteiger partial charge in [-0.25, -0.2) is 0 Å². The number of aliphatic hydroxyl groups excluding tert-OH is 1. The summed E-state index contributed by atoms with van der Waals surface area (Å²) >= 11 is 0. The van der Waals surface area contributed by atoms with E-state index in [0.717, 1.165) is 38.5 Å². The lowest BCUT2D eigenvalue weighted by atomic mass is 9.60. The average Bonchev–Trinajstić information content (AvgIpc) is 2.19.